The Balaban J connectivity index is 1.34. The van der Waals surface area contributed by atoms with Gasteiger partial charge in [-0.05, 0) is 49.4 Å². The van der Waals surface area contributed by atoms with E-state index in [2.05, 4.69) is 36.4 Å². The zero-order valence-electron chi connectivity index (χ0n) is 17.1. The first kappa shape index (κ1) is 21.4. The predicted molar refractivity (Wildman–Crippen MR) is 130 cm³/mol. The van der Waals surface area contributed by atoms with Gasteiger partial charge in [0.25, 0.3) is 5.91 Å². The summed E-state index contributed by atoms with van der Waals surface area (Å²) in [5.74, 6) is -0.628. The predicted octanol–water partition coefficient (Wildman–Crippen LogP) is 4.05. The third kappa shape index (κ3) is 3.78. The number of anilines is 1. The molecule has 8 nitrogen and oxygen atoms in total. The van der Waals surface area contributed by atoms with Crippen LogP contribution in [0.5, 0.6) is 0 Å². The van der Waals surface area contributed by atoms with Gasteiger partial charge in [0.1, 0.15) is 10.5 Å². The third-order valence-corrected chi connectivity index (χ3v) is 8.08. The summed E-state index contributed by atoms with van der Waals surface area (Å²) in [5, 5.41) is 13.3. The topological polar surface area (TPSA) is 116 Å². The molecule has 0 radical (unpaired) electrons. The van der Waals surface area contributed by atoms with Crippen molar-refractivity contribution < 1.29 is 9.59 Å². The summed E-state index contributed by atoms with van der Waals surface area (Å²) < 4.78 is 2.92. The summed E-state index contributed by atoms with van der Waals surface area (Å²) in [7, 11) is 1.93. The van der Waals surface area contributed by atoms with Gasteiger partial charge in [0, 0.05) is 21.8 Å². The highest BCUT2D eigenvalue weighted by atomic mass is 79.9. The van der Waals surface area contributed by atoms with Gasteiger partial charge in [0.15, 0.2) is 5.65 Å². The number of hydrogen-bond acceptors (Lipinski definition) is 7. The molecule has 2 amide bonds. The van der Waals surface area contributed by atoms with Gasteiger partial charge < -0.3 is 15.6 Å². The number of rotatable bonds is 5. The number of primary amides is 1. The first-order valence-corrected chi connectivity index (χ1v) is 12.7. The first-order chi connectivity index (χ1) is 15.4. The fourth-order valence-electron chi connectivity index (χ4n) is 4.08. The van der Waals surface area contributed by atoms with Crippen molar-refractivity contribution in [2.24, 2.45) is 12.8 Å². The van der Waals surface area contributed by atoms with Crippen LogP contribution in [0, 0.1) is 0 Å². The first-order valence-electron chi connectivity index (χ1n) is 10.1. The van der Waals surface area contributed by atoms with E-state index in [9.17, 15) is 9.59 Å². The lowest BCUT2D eigenvalue weighted by molar-refractivity contribution is -0.113. The molecule has 1 aliphatic rings. The highest BCUT2D eigenvalue weighted by Gasteiger charge is 2.25. The molecule has 3 aromatic heterocycles. The summed E-state index contributed by atoms with van der Waals surface area (Å²) >= 11 is 6.15. The number of halogens is 1. The number of benzene rings is 1. The van der Waals surface area contributed by atoms with Crippen LogP contribution in [0.1, 0.15) is 33.6 Å². The van der Waals surface area contributed by atoms with Crippen LogP contribution in [-0.4, -0.2) is 37.3 Å². The zero-order valence-corrected chi connectivity index (χ0v) is 20.4. The fourth-order valence-corrected chi connectivity index (χ4v) is 6.34. The van der Waals surface area contributed by atoms with Crippen LogP contribution in [0.2, 0.25) is 0 Å². The van der Waals surface area contributed by atoms with Crippen molar-refractivity contribution in [3.8, 4) is 0 Å². The van der Waals surface area contributed by atoms with Crippen molar-refractivity contribution in [1.29, 1.82) is 0 Å². The maximum atomic E-state index is 12.6. The van der Waals surface area contributed by atoms with Gasteiger partial charge >= 0.3 is 0 Å². The molecule has 11 heteroatoms. The molecule has 0 fully saturated rings. The Labute approximate surface area is 200 Å². The second-order valence-electron chi connectivity index (χ2n) is 7.60. The summed E-state index contributed by atoms with van der Waals surface area (Å²) in [5.41, 5.74) is 9.50. The monoisotopic (exact) mass is 530 g/mol. The summed E-state index contributed by atoms with van der Waals surface area (Å²) in [6, 6.07) is 5.96. The van der Waals surface area contributed by atoms with Gasteiger partial charge in [-0.2, -0.15) is 0 Å². The van der Waals surface area contributed by atoms with Crippen molar-refractivity contribution in [2.45, 2.75) is 30.8 Å². The SMILES string of the molecule is Cn1c2ccc(Br)cc2c2nnc(SCC(=O)Nc3sc4c(c3C(N)=O)CCCC4)nc21. The summed E-state index contributed by atoms with van der Waals surface area (Å²) in [6.07, 6.45) is 3.87. The lowest BCUT2D eigenvalue weighted by atomic mass is 9.95. The highest BCUT2D eigenvalue weighted by molar-refractivity contribution is 9.10. The maximum absolute atomic E-state index is 12.6. The molecule has 0 bridgehead atoms. The van der Waals surface area contributed by atoms with E-state index in [0.29, 0.717) is 26.9 Å². The van der Waals surface area contributed by atoms with Crippen LogP contribution in [0.4, 0.5) is 5.00 Å². The number of carbonyl (C=O) groups is 2. The number of aryl methyl sites for hydroxylation is 2. The highest BCUT2D eigenvalue weighted by Crippen LogP contribution is 2.38. The number of amides is 2. The van der Waals surface area contributed by atoms with Gasteiger partial charge in [0.2, 0.25) is 11.1 Å². The Bertz CT molecular complexity index is 1400. The molecular weight excluding hydrogens is 512 g/mol. The molecule has 0 saturated carbocycles. The van der Waals surface area contributed by atoms with Gasteiger partial charge in [-0.15, -0.1) is 21.5 Å². The Morgan fingerprint density at radius 2 is 2.09 bits per heavy atom. The minimum atomic E-state index is -0.493. The smallest absolute Gasteiger partial charge is 0.251 e. The van der Waals surface area contributed by atoms with Crippen LogP contribution in [0.15, 0.2) is 27.8 Å². The summed E-state index contributed by atoms with van der Waals surface area (Å²) in [6.45, 7) is 0. The molecule has 3 heterocycles. The molecule has 32 heavy (non-hydrogen) atoms. The van der Waals surface area contributed by atoms with E-state index < -0.39 is 5.91 Å². The molecular formula is C21H19BrN6O2S2. The van der Waals surface area contributed by atoms with Crippen LogP contribution >= 0.6 is 39.0 Å². The zero-order chi connectivity index (χ0) is 22.4. The van der Waals surface area contributed by atoms with Crippen molar-refractivity contribution in [1.82, 2.24) is 19.7 Å². The second-order valence-corrected chi connectivity index (χ2v) is 10.6. The number of carbonyl (C=O) groups excluding carboxylic acids is 2. The Kier molecular flexibility index (Phi) is 5.64. The van der Waals surface area contributed by atoms with E-state index >= 15 is 0 Å². The molecule has 0 atom stereocenters. The maximum Gasteiger partial charge on any atom is 0.251 e. The quantitative estimate of drug-likeness (QED) is 0.376. The van der Waals surface area contributed by atoms with Crippen molar-refractivity contribution in [2.75, 3.05) is 11.1 Å². The average molecular weight is 531 g/mol. The molecule has 164 valence electrons. The second kappa shape index (κ2) is 8.45. The van der Waals surface area contributed by atoms with Crippen molar-refractivity contribution >= 4 is 77.9 Å². The van der Waals surface area contributed by atoms with Gasteiger partial charge in [-0.25, -0.2) is 4.98 Å². The normalized spacial score (nSPS) is 13.4. The van der Waals surface area contributed by atoms with E-state index in [1.165, 1.54) is 23.1 Å². The van der Waals surface area contributed by atoms with Crippen molar-refractivity contribution in [3.05, 3.63) is 38.7 Å². The molecule has 4 aromatic rings. The molecule has 0 unspecified atom stereocenters. The molecule has 5 rings (SSSR count). The van der Waals surface area contributed by atoms with Crippen LogP contribution in [-0.2, 0) is 24.7 Å². The van der Waals surface area contributed by atoms with E-state index in [1.54, 1.807) is 0 Å². The molecule has 0 spiro atoms. The van der Waals surface area contributed by atoms with E-state index in [1.807, 2.05) is 29.8 Å². The lowest BCUT2D eigenvalue weighted by Crippen LogP contribution is -2.19. The Hall–Kier alpha value is -2.50. The number of nitrogens with two attached hydrogens (primary N) is 1. The average Bonchev–Trinajstić information content (AvgIpc) is 3.27. The molecule has 0 saturated heterocycles. The lowest BCUT2D eigenvalue weighted by Gasteiger charge is -2.11. The van der Waals surface area contributed by atoms with Crippen LogP contribution in [0.25, 0.3) is 22.1 Å². The minimum Gasteiger partial charge on any atom is -0.365 e. The van der Waals surface area contributed by atoms with Gasteiger partial charge in [-0.1, -0.05) is 27.7 Å². The van der Waals surface area contributed by atoms with Crippen molar-refractivity contribution in [3.63, 3.8) is 0 Å². The number of fused-ring (bicyclic) bond motifs is 4. The van der Waals surface area contributed by atoms with Gasteiger partial charge in [-0.3, -0.25) is 9.59 Å². The number of hydrogen-bond donors (Lipinski definition) is 2. The number of aromatic nitrogens is 4. The summed E-state index contributed by atoms with van der Waals surface area (Å²) in [4.78, 5) is 30.4. The molecule has 0 aliphatic heterocycles. The minimum absolute atomic E-state index is 0.101. The Morgan fingerprint density at radius 1 is 1.28 bits per heavy atom. The van der Waals surface area contributed by atoms with Crippen LogP contribution in [0.3, 0.4) is 0 Å². The molecule has 3 N–H and O–H groups in total. The van der Waals surface area contributed by atoms with E-state index in [-0.39, 0.29) is 11.7 Å². The number of nitrogens with one attached hydrogen (secondary N) is 1. The standard InChI is InChI=1S/C21H19BrN6O2S2/c1-28-13-7-6-10(22)8-12(13)17-19(28)25-21(27-26-17)31-9-15(29)24-20-16(18(23)30)11-4-2-3-5-14(11)32-20/h6-8H,2-5,9H2,1H3,(H2,23,30)(H,24,29). The van der Waals surface area contributed by atoms with E-state index in [4.69, 9.17) is 5.73 Å². The Morgan fingerprint density at radius 3 is 2.91 bits per heavy atom. The van der Waals surface area contributed by atoms with Gasteiger partial charge in [0.05, 0.1) is 16.8 Å². The van der Waals surface area contributed by atoms with Crippen LogP contribution < -0.4 is 11.1 Å². The fraction of sp³-hybridized carbons (Fsp3) is 0.286. The number of thioether (sulfide) groups is 1. The number of nitrogens with zero attached hydrogens (tertiary/aromatic N) is 4. The molecule has 1 aliphatic carbocycles. The number of thiophene rings is 1. The molecule has 1 aromatic carbocycles. The van der Waals surface area contributed by atoms with E-state index in [0.717, 1.165) is 51.5 Å². The third-order valence-electron chi connectivity index (χ3n) is 5.54. The largest absolute Gasteiger partial charge is 0.365 e.